The van der Waals surface area contributed by atoms with Gasteiger partial charge in [-0.05, 0) is 18.6 Å². The second-order valence-electron chi connectivity index (χ2n) is 3.73. The normalized spacial score (nSPS) is 11.8. The molecule has 1 unspecified atom stereocenters. The number of aryl methyl sites for hydroxylation is 1. The van der Waals surface area contributed by atoms with Gasteiger partial charge in [0.25, 0.3) is 0 Å². The van der Waals surface area contributed by atoms with Crippen LogP contribution in [0.4, 0.5) is 0 Å². The minimum atomic E-state index is -1.11. The van der Waals surface area contributed by atoms with Gasteiger partial charge in [-0.3, -0.25) is 9.78 Å². The Hall–Kier alpha value is -1.95. The molecule has 2 N–H and O–H groups in total. The van der Waals surface area contributed by atoms with Crippen molar-refractivity contribution in [3.8, 4) is 0 Å². The molecule has 6 nitrogen and oxygen atoms in total. The average Bonchev–Trinajstić information content (AvgIpc) is 2.37. The number of ether oxygens (including phenoxy) is 1. The van der Waals surface area contributed by atoms with Gasteiger partial charge in [-0.25, -0.2) is 4.79 Å². The fourth-order valence-corrected chi connectivity index (χ4v) is 1.40. The number of carboxylic acid groups (broad SMARTS) is 1. The van der Waals surface area contributed by atoms with Crippen molar-refractivity contribution < 1.29 is 19.4 Å². The van der Waals surface area contributed by atoms with E-state index in [-0.39, 0.29) is 18.9 Å². The smallest absolute Gasteiger partial charge is 0.328 e. The van der Waals surface area contributed by atoms with Crippen LogP contribution < -0.4 is 5.32 Å². The molecule has 0 aliphatic heterocycles. The van der Waals surface area contributed by atoms with E-state index in [9.17, 15) is 9.59 Å². The number of carboxylic acids is 1. The first-order valence-electron chi connectivity index (χ1n) is 5.54. The number of aliphatic carboxylic acids is 1. The molecule has 0 saturated carbocycles. The standard InChI is InChI=1S/C12H16N2O4/c1-18-8-10(12(16)17)14-11(15)6-5-9-4-2-3-7-13-9/h2-4,7,10H,5-6,8H2,1H3,(H,14,15)(H,16,17). The highest BCUT2D eigenvalue weighted by atomic mass is 16.5. The van der Waals surface area contributed by atoms with Gasteiger partial charge in [-0.2, -0.15) is 0 Å². The van der Waals surface area contributed by atoms with Gasteiger partial charge in [0, 0.05) is 25.4 Å². The molecule has 1 aromatic rings. The minimum Gasteiger partial charge on any atom is -0.480 e. The summed E-state index contributed by atoms with van der Waals surface area (Å²) in [6, 6.07) is 4.44. The summed E-state index contributed by atoms with van der Waals surface area (Å²) in [5, 5.41) is 11.2. The van der Waals surface area contributed by atoms with Gasteiger partial charge in [0.15, 0.2) is 6.04 Å². The highest BCUT2D eigenvalue weighted by molar-refractivity contribution is 5.83. The Bertz CT molecular complexity index is 394. The van der Waals surface area contributed by atoms with E-state index < -0.39 is 12.0 Å². The third-order valence-electron chi connectivity index (χ3n) is 2.30. The van der Waals surface area contributed by atoms with Gasteiger partial charge >= 0.3 is 5.97 Å². The van der Waals surface area contributed by atoms with Gasteiger partial charge in [0.05, 0.1) is 6.61 Å². The Balaban J connectivity index is 2.39. The summed E-state index contributed by atoms with van der Waals surface area (Å²) in [6.45, 7) is -0.0509. The Morgan fingerprint density at radius 3 is 2.83 bits per heavy atom. The molecule has 0 aromatic carbocycles. The van der Waals surface area contributed by atoms with Crippen molar-refractivity contribution in [2.75, 3.05) is 13.7 Å². The number of aromatic nitrogens is 1. The molecule has 0 saturated heterocycles. The highest BCUT2D eigenvalue weighted by Gasteiger charge is 2.19. The number of pyridine rings is 1. The fraction of sp³-hybridized carbons (Fsp3) is 0.417. The molecule has 1 heterocycles. The van der Waals surface area contributed by atoms with E-state index in [2.05, 4.69) is 10.3 Å². The first kappa shape index (κ1) is 14.1. The molecule has 0 spiro atoms. The monoisotopic (exact) mass is 252 g/mol. The molecule has 18 heavy (non-hydrogen) atoms. The molecule has 1 amide bonds. The molecular formula is C12H16N2O4. The quantitative estimate of drug-likeness (QED) is 0.725. The van der Waals surface area contributed by atoms with Crippen LogP contribution in [-0.2, 0) is 20.7 Å². The van der Waals surface area contributed by atoms with E-state index in [0.717, 1.165) is 5.69 Å². The zero-order valence-corrected chi connectivity index (χ0v) is 10.1. The van der Waals surface area contributed by atoms with Gasteiger partial charge < -0.3 is 15.2 Å². The summed E-state index contributed by atoms with van der Waals surface area (Å²) >= 11 is 0. The number of methoxy groups -OCH3 is 1. The van der Waals surface area contributed by atoms with Crippen LogP contribution in [-0.4, -0.2) is 41.7 Å². The Kier molecular flexibility index (Phi) is 5.79. The van der Waals surface area contributed by atoms with E-state index in [1.165, 1.54) is 7.11 Å². The number of rotatable bonds is 7. The second-order valence-corrected chi connectivity index (χ2v) is 3.73. The summed E-state index contributed by atoms with van der Waals surface area (Å²) < 4.78 is 4.72. The van der Waals surface area contributed by atoms with Crippen molar-refractivity contribution in [3.63, 3.8) is 0 Å². The Morgan fingerprint density at radius 2 is 2.28 bits per heavy atom. The zero-order chi connectivity index (χ0) is 13.4. The van der Waals surface area contributed by atoms with E-state index in [1.807, 2.05) is 12.1 Å². The minimum absolute atomic E-state index is 0.0509. The lowest BCUT2D eigenvalue weighted by Gasteiger charge is -2.13. The van der Waals surface area contributed by atoms with Crippen molar-refractivity contribution >= 4 is 11.9 Å². The molecule has 1 aromatic heterocycles. The van der Waals surface area contributed by atoms with Gasteiger partial charge in [-0.1, -0.05) is 6.07 Å². The molecule has 0 radical (unpaired) electrons. The second kappa shape index (κ2) is 7.39. The van der Waals surface area contributed by atoms with Crippen molar-refractivity contribution in [2.24, 2.45) is 0 Å². The highest BCUT2D eigenvalue weighted by Crippen LogP contribution is 1.98. The van der Waals surface area contributed by atoms with Crippen molar-refractivity contribution in [3.05, 3.63) is 30.1 Å². The van der Waals surface area contributed by atoms with Gasteiger partial charge in [0.1, 0.15) is 0 Å². The topological polar surface area (TPSA) is 88.5 Å². The predicted molar refractivity (Wildman–Crippen MR) is 64.0 cm³/mol. The summed E-state index contributed by atoms with van der Waals surface area (Å²) in [5.41, 5.74) is 0.797. The summed E-state index contributed by atoms with van der Waals surface area (Å²) in [7, 11) is 1.38. The van der Waals surface area contributed by atoms with Crippen LogP contribution in [0, 0.1) is 0 Å². The van der Waals surface area contributed by atoms with Crippen LogP contribution in [0.25, 0.3) is 0 Å². The molecule has 1 rings (SSSR count). The van der Waals surface area contributed by atoms with E-state index in [0.29, 0.717) is 6.42 Å². The first-order chi connectivity index (χ1) is 8.63. The lowest BCUT2D eigenvalue weighted by molar-refractivity contribution is -0.143. The summed E-state index contributed by atoms with van der Waals surface area (Å²) in [5.74, 6) is -1.44. The molecule has 98 valence electrons. The SMILES string of the molecule is COCC(NC(=O)CCc1ccccn1)C(=O)O. The maximum absolute atomic E-state index is 11.5. The number of hydrogen-bond acceptors (Lipinski definition) is 4. The third kappa shape index (κ3) is 4.92. The maximum atomic E-state index is 11.5. The number of amides is 1. The number of nitrogens with one attached hydrogen (secondary N) is 1. The molecule has 0 bridgehead atoms. The first-order valence-corrected chi connectivity index (χ1v) is 5.54. The number of carbonyl (C=O) groups is 2. The molecule has 0 aliphatic carbocycles. The van der Waals surface area contributed by atoms with Crippen molar-refractivity contribution in [2.45, 2.75) is 18.9 Å². The van der Waals surface area contributed by atoms with Crippen LogP contribution in [0.15, 0.2) is 24.4 Å². The lowest BCUT2D eigenvalue weighted by atomic mass is 10.2. The number of nitrogens with zero attached hydrogens (tertiary/aromatic N) is 1. The third-order valence-corrected chi connectivity index (χ3v) is 2.30. The van der Waals surface area contributed by atoms with Crippen LogP contribution in [0.1, 0.15) is 12.1 Å². The summed E-state index contributed by atoms with van der Waals surface area (Å²) in [4.78, 5) is 26.4. The molecule has 0 aliphatic rings. The zero-order valence-electron chi connectivity index (χ0n) is 10.1. The van der Waals surface area contributed by atoms with Crippen molar-refractivity contribution in [1.82, 2.24) is 10.3 Å². The van der Waals surface area contributed by atoms with Gasteiger partial charge in [-0.15, -0.1) is 0 Å². The van der Waals surface area contributed by atoms with Gasteiger partial charge in [0.2, 0.25) is 5.91 Å². The average molecular weight is 252 g/mol. The lowest BCUT2D eigenvalue weighted by Crippen LogP contribution is -2.43. The summed E-state index contributed by atoms with van der Waals surface area (Å²) in [6.07, 6.45) is 2.33. The van der Waals surface area contributed by atoms with Crippen LogP contribution in [0.3, 0.4) is 0 Å². The number of carbonyl (C=O) groups excluding carboxylic acids is 1. The fourth-order valence-electron chi connectivity index (χ4n) is 1.40. The van der Waals surface area contributed by atoms with E-state index >= 15 is 0 Å². The van der Waals surface area contributed by atoms with Crippen LogP contribution in [0.5, 0.6) is 0 Å². The maximum Gasteiger partial charge on any atom is 0.328 e. The van der Waals surface area contributed by atoms with Crippen molar-refractivity contribution in [1.29, 1.82) is 0 Å². The molecule has 0 fully saturated rings. The Labute approximate surface area is 105 Å². The molecule has 1 atom stereocenters. The Morgan fingerprint density at radius 1 is 1.50 bits per heavy atom. The van der Waals surface area contributed by atoms with Crippen LogP contribution in [0.2, 0.25) is 0 Å². The molecule has 6 heteroatoms. The van der Waals surface area contributed by atoms with E-state index in [1.54, 1.807) is 12.3 Å². The largest absolute Gasteiger partial charge is 0.480 e. The van der Waals surface area contributed by atoms with Crippen LogP contribution >= 0.6 is 0 Å². The number of hydrogen-bond donors (Lipinski definition) is 2. The predicted octanol–water partition coefficient (Wildman–Crippen LogP) is 0.230. The molecular weight excluding hydrogens is 236 g/mol. The van der Waals surface area contributed by atoms with E-state index in [4.69, 9.17) is 9.84 Å².